The number of thiophene rings is 1. The third-order valence-electron chi connectivity index (χ3n) is 4.39. The molecule has 3 rings (SSSR count). The number of benzene rings is 1. The summed E-state index contributed by atoms with van der Waals surface area (Å²) in [5, 5.41) is 3.55. The smallest absolute Gasteiger partial charge is 0.262 e. The molecule has 1 aliphatic rings. The van der Waals surface area contributed by atoms with E-state index < -0.39 is 11.4 Å². The highest BCUT2D eigenvalue weighted by molar-refractivity contribution is 7.17. The zero-order chi connectivity index (χ0) is 20.6. The molecule has 0 saturated heterocycles. The number of hydrogen-bond acceptors (Lipinski definition) is 4. The number of anilines is 1. The molecule has 2 amide bonds. The summed E-state index contributed by atoms with van der Waals surface area (Å²) in [6.45, 7) is 4.98. The van der Waals surface area contributed by atoms with Crippen LogP contribution in [0.25, 0.3) is 5.57 Å². The van der Waals surface area contributed by atoms with Gasteiger partial charge in [0.2, 0.25) is 5.91 Å². The molecule has 148 valence electrons. The van der Waals surface area contributed by atoms with Crippen molar-refractivity contribution in [1.29, 1.82) is 0 Å². The number of ether oxygens (including phenoxy) is 1. The van der Waals surface area contributed by atoms with Gasteiger partial charge < -0.3 is 10.1 Å². The minimum absolute atomic E-state index is 0.0377. The van der Waals surface area contributed by atoms with E-state index in [1.54, 1.807) is 51.1 Å². The van der Waals surface area contributed by atoms with Crippen LogP contribution in [0.3, 0.4) is 0 Å². The van der Waals surface area contributed by atoms with Crippen molar-refractivity contribution in [2.24, 2.45) is 0 Å². The molecule has 0 atom stereocenters. The molecule has 0 aliphatic carbocycles. The Labute approximate surface area is 181 Å². The Hall–Kier alpha value is -1.73. The van der Waals surface area contributed by atoms with Crippen LogP contribution in [0.2, 0.25) is 14.4 Å². The lowest BCUT2D eigenvalue weighted by molar-refractivity contribution is -0.147. The van der Waals surface area contributed by atoms with Crippen LogP contribution in [-0.4, -0.2) is 29.0 Å². The fraction of sp³-hybridized carbons (Fsp3) is 0.263. The van der Waals surface area contributed by atoms with E-state index in [9.17, 15) is 9.59 Å². The number of rotatable bonds is 4. The largest absolute Gasteiger partial charge is 0.477 e. The molecular formula is C19H17Cl3N2O3S. The van der Waals surface area contributed by atoms with Gasteiger partial charge in [-0.05, 0) is 51.1 Å². The van der Waals surface area contributed by atoms with E-state index in [0.717, 1.165) is 0 Å². The number of halogens is 3. The highest BCUT2D eigenvalue weighted by atomic mass is 35.5. The Kier molecular flexibility index (Phi) is 5.96. The van der Waals surface area contributed by atoms with Crippen LogP contribution in [-0.2, 0) is 14.3 Å². The topological polar surface area (TPSA) is 58.6 Å². The minimum atomic E-state index is -1.20. The Morgan fingerprint density at radius 3 is 2.39 bits per heavy atom. The molecule has 1 aromatic carbocycles. The summed E-state index contributed by atoms with van der Waals surface area (Å²) in [4.78, 5) is 28.2. The average Bonchev–Trinajstić information content (AvgIpc) is 2.99. The zero-order valence-electron chi connectivity index (χ0n) is 15.3. The highest BCUT2D eigenvalue weighted by Gasteiger charge is 2.42. The molecule has 1 N–H and O–H groups in total. The molecular weight excluding hydrogens is 443 g/mol. The van der Waals surface area contributed by atoms with Crippen molar-refractivity contribution in [1.82, 2.24) is 4.90 Å². The number of nitrogens with one attached hydrogen (secondary N) is 1. The van der Waals surface area contributed by atoms with Gasteiger partial charge in [0.15, 0.2) is 6.73 Å². The molecule has 0 saturated carbocycles. The minimum Gasteiger partial charge on any atom is -0.477 e. The molecule has 5 nitrogen and oxygen atoms in total. The Morgan fingerprint density at radius 1 is 1.18 bits per heavy atom. The van der Waals surface area contributed by atoms with E-state index in [1.807, 2.05) is 0 Å². The molecule has 1 aromatic heterocycles. The second-order valence-corrected chi connectivity index (χ2v) is 9.30. The maximum Gasteiger partial charge on any atom is 0.262 e. The lowest BCUT2D eigenvalue weighted by atomic mass is 9.99. The molecule has 2 aromatic rings. The summed E-state index contributed by atoms with van der Waals surface area (Å²) >= 11 is 19.3. The van der Waals surface area contributed by atoms with Crippen molar-refractivity contribution in [3.63, 3.8) is 0 Å². The standard InChI is InChI=1S/C19H17Cl3N2O3S/c1-10-16(14-4-5-15(22)28-14)17(25)24(9-27-10)19(2,3)18(26)23-13-7-11(20)6-12(21)8-13/h4-8H,9H2,1-3H3,(H,23,26). The van der Waals surface area contributed by atoms with Crippen molar-refractivity contribution in [3.05, 3.63) is 55.3 Å². The number of nitrogens with zero attached hydrogens (tertiary/aromatic N) is 1. The van der Waals surface area contributed by atoms with Crippen LogP contribution < -0.4 is 5.32 Å². The first-order chi connectivity index (χ1) is 13.1. The predicted molar refractivity (Wildman–Crippen MR) is 114 cm³/mol. The molecule has 0 unspecified atom stereocenters. The van der Waals surface area contributed by atoms with Gasteiger partial charge in [0, 0.05) is 20.6 Å². The van der Waals surface area contributed by atoms with Gasteiger partial charge in [-0.25, -0.2) is 0 Å². The van der Waals surface area contributed by atoms with Gasteiger partial charge in [-0.2, -0.15) is 0 Å². The molecule has 1 aliphatic heterocycles. The van der Waals surface area contributed by atoms with Crippen molar-refractivity contribution in [2.75, 3.05) is 12.0 Å². The van der Waals surface area contributed by atoms with Gasteiger partial charge in [-0.1, -0.05) is 34.8 Å². The van der Waals surface area contributed by atoms with E-state index in [1.165, 1.54) is 16.2 Å². The number of carbonyl (C=O) groups excluding carboxylic acids is 2. The van der Waals surface area contributed by atoms with E-state index >= 15 is 0 Å². The number of carbonyl (C=O) groups is 2. The molecule has 0 spiro atoms. The fourth-order valence-corrected chi connectivity index (χ4v) is 4.41. The molecule has 0 bridgehead atoms. The maximum atomic E-state index is 13.2. The summed E-state index contributed by atoms with van der Waals surface area (Å²) < 4.78 is 6.25. The van der Waals surface area contributed by atoms with Gasteiger partial charge in [0.25, 0.3) is 5.91 Å². The molecule has 0 radical (unpaired) electrons. The van der Waals surface area contributed by atoms with Gasteiger partial charge in [0.1, 0.15) is 11.3 Å². The first kappa shape index (κ1) is 21.0. The summed E-state index contributed by atoms with van der Waals surface area (Å²) in [6.07, 6.45) is 0. The van der Waals surface area contributed by atoms with E-state index in [-0.39, 0.29) is 12.6 Å². The molecule has 9 heteroatoms. The van der Waals surface area contributed by atoms with Gasteiger partial charge >= 0.3 is 0 Å². The van der Waals surface area contributed by atoms with E-state index in [2.05, 4.69) is 5.32 Å². The average molecular weight is 460 g/mol. The van der Waals surface area contributed by atoms with Crippen LogP contribution in [0.4, 0.5) is 5.69 Å². The fourth-order valence-electron chi connectivity index (χ4n) is 2.75. The normalized spacial score (nSPS) is 14.9. The molecule has 28 heavy (non-hydrogen) atoms. The first-order valence-electron chi connectivity index (χ1n) is 8.28. The lowest BCUT2D eigenvalue weighted by Crippen LogP contribution is -2.57. The molecule has 2 heterocycles. The number of allylic oxidation sites excluding steroid dienone is 1. The van der Waals surface area contributed by atoms with Crippen molar-refractivity contribution >= 4 is 69.2 Å². The lowest BCUT2D eigenvalue weighted by Gasteiger charge is -2.40. The van der Waals surface area contributed by atoms with Gasteiger partial charge in [-0.3, -0.25) is 14.5 Å². The Morgan fingerprint density at radius 2 is 1.82 bits per heavy atom. The van der Waals surface area contributed by atoms with Gasteiger partial charge in [0.05, 0.1) is 9.91 Å². The van der Waals surface area contributed by atoms with Crippen LogP contribution in [0.1, 0.15) is 25.6 Å². The molecule has 0 fully saturated rings. The highest BCUT2D eigenvalue weighted by Crippen LogP contribution is 2.35. The predicted octanol–water partition coefficient (Wildman–Crippen LogP) is 5.67. The van der Waals surface area contributed by atoms with Gasteiger partial charge in [-0.15, -0.1) is 11.3 Å². The van der Waals surface area contributed by atoms with E-state index in [0.29, 0.717) is 36.3 Å². The Balaban J connectivity index is 1.86. The van der Waals surface area contributed by atoms with Crippen LogP contribution in [0.15, 0.2) is 36.1 Å². The summed E-state index contributed by atoms with van der Waals surface area (Å²) in [5.74, 6) is -0.199. The van der Waals surface area contributed by atoms with Crippen molar-refractivity contribution < 1.29 is 14.3 Å². The second kappa shape index (κ2) is 7.95. The van der Waals surface area contributed by atoms with Crippen LogP contribution in [0.5, 0.6) is 0 Å². The summed E-state index contributed by atoms with van der Waals surface area (Å²) in [6, 6.07) is 8.21. The van der Waals surface area contributed by atoms with Crippen molar-refractivity contribution in [2.45, 2.75) is 26.3 Å². The number of hydrogen-bond donors (Lipinski definition) is 1. The summed E-state index contributed by atoms with van der Waals surface area (Å²) in [7, 11) is 0. The quantitative estimate of drug-likeness (QED) is 0.640. The maximum absolute atomic E-state index is 13.2. The van der Waals surface area contributed by atoms with E-state index in [4.69, 9.17) is 39.5 Å². The Bertz CT molecular complexity index is 964. The van der Waals surface area contributed by atoms with Crippen molar-refractivity contribution in [3.8, 4) is 0 Å². The van der Waals surface area contributed by atoms with Crippen LogP contribution >= 0.6 is 46.1 Å². The first-order valence-corrected chi connectivity index (χ1v) is 10.2. The second-order valence-electron chi connectivity index (χ2n) is 6.71. The third-order valence-corrected chi connectivity index (χ3v) is 6.08. The number of amides is 2. The zero-order valence-corrected chi connectivity index (χ0v) is 18.4. The third kappa shape index (κ3) is 4.15. The summed E-state index contributed by atoms with van der Waals surface area (Å²) in [5.41, 5.74) is -0.355. The monoisotopic (exact) mass is 458 g/mol. The van der Waals surface area contributed by atoms with Crippen LogP contribution in [0, 0.1) is 0 Å². The SMILES string of the molecule is CC1=C(c2ccc(Cl)s2)C(=O)N(C(C)(C)C(=O)Nc2cc(Cl)cc(Cl)c2)CO1.